The lowest BCUT2D eigenvalue weighted by Crippen LogP contribution is -2.45. The van der Waals surface area contributed by atoms with Gasteiger partial charge in [-0.05, 0) is 38.0 Å². The number of nitrogens with one attached hydrogen (secondary N) is 1. The molecule has 2 aliphatic heterocycles. The summed E-state index contributed by atoms with van der Waals surface area (Å²) in [7, 11) is -3.19. The molecule has 0 saturated carbocycles. The number of amides is 2. The molecule has 3 atom stereocenters. The number of carbonyl (C=O) groups is 2. The van der Waals surface area contributed by atoms with Gasteiger partial charge in [-0.1, -0.05) is 71.9 Å². The van der Waals surface area contributed by atoms with E-state index in [4.69, 9.17) is 16.3 Å². The van der Waals surface area contributed by atoms with E-state index in [1.54, 1.807) is 26.8 Å². The molecule has 0 aromatic heterocycles. The van der Waals surface area contributed by atoms with E-state index in [9.17, 15) is 18.0 Å². The van der Waals surface area contributed by atoms with Gasteiger partial charge in [-0.2, -0.15) is 4.99 Å². The lowest BCUT2D eigenvalue weighted by atomic mass is 10.1. The maximum Gasteiger partial charge on any atom is 0.408 e. The summed E-state index contributed by atoms with van der Waals surface area (Å²) in [6.45, 7) is 5.55. The maximum atomic E-state index is 13.5. The summed E-state index contributed by atoms with van der Waals surface area (Å²) >= 11 is 7.67. The number of benzene rings is 2. The minimum atomic E-state index is -3.19. The SMILES string of the molecule is CC(C)(C)OC(=O)NC(Cc1ccccc1)C(=O)N=C1SC2CS(=O)(=O)CC2N1Cc1ccccc1Cl. The molecule has 3 unspecified atom stereocenters. The molecule has 2 aromatic carbocycles. The number of carbonyl (C=O) groups excluding carboxylic acids is 2. The molecule has 0 aliphatic carbocycles. The van der Waals surface area contributed by atoms with Crippen LogP contribution in [0.15, 0.2) is 59.6 Å². The zero-order chi connectivity index (χ0) is 26.8. The largest absolute Gasteiger partial charge is 0.444 e. The van der Waals surface area contributed by atoms with Gasteiger partial charge in [0.05, 0.1) is 17.5 Å². The number of fused-ring (bicyclic) bond motifs is 1. The summed E-state index contributed by atoms with van der Waals surface area (Å²) < 4.78 is 30.1. The maximum absolute atomic E-state index is 13.5. The van der Waals surface area contributed by atoms with Crippen molar-refractivity contribution in [2.24, 2.45) is 4.99 Å². The van der Waals surface area contributed by atoms with E-state index in [1.807, 2.05) is 53.4 Å². The van der Waals surface area contributed by atoms with Gasteiger partial charge in [-0.15, -0.1) is 0 Å². The second-order valence-electron chi connectivity index (χ2n) is 10.1. The summed E-state index contributed by atoms with van der Waals surface area (Å²) in [6, 6.07) is 15.4. The Balaban J connectivity index is 1.62. The van der Waals surface area contributed by atoms with Gasteiger partial charge in [0.2, 0.25) is 0 Å². The van der Waals surface area contributed by atoms with E-state index >= 15 is 0 Å². The van der Waals surface area contributed by atoms with Crippen molar-refractivity contribution in [2.45, 2.75) is 56.7 Å². The van der Waals surface area contributed by atoms with Crippen LogP contribution in [0.4, 0.5) is 4.79 Å². The Labute approximate surface area is 226 Å². The van der Waals surface area contributed by atoms with Crippen LogP contribution in [-0.2, 0) is 32.3 Å². The fraction of sp³-hybridized carbons (Fsp3) is 0.423. The van der Waals surface area contributed by atoms with Crippen LogP contribution in [0.2, 0.25) is 5.02 Å². The number of sulfone groups is 1. The third-order valence-electron chi connectivity index (χ3n) is 5.95. The Morgan fingerprint density at radius 1 is 1.14 bits per heavy atom. The highest BCUT2D eigenvalue weighted by Gasteiger charge is 2.49. The van der Waals surface area contributed by atoms with Crippen molar-refractivity contribution < 1.29 is 22.7 Å². The molecule has 2 saturated heterocycles. The minimum Gasteiger partial charge on any atom is -0.444 e. The van der Waals surface area contributed by atoms with Crippen molar-refractivity contribution in [3.05, 3.63) is 70.7 Å². The smallest absolute Gasteiger partial charge is 0.408 e. The topological polar surface area (TPSA) is 105 Å². The third-order valence-corrected chi connectivity index (χ3v) is 9.57. The Kier molecular flexibility index (Phi) is 8.20. The Morgan fingerprint density at radius 3 is 2.49 bits per heavy atom. The van der Waals surface area contributed by atoms with E-state index in [2.05, 4.69) is 10.3 Å². The fourth-order valence-corrected chi connectivity index (χ4v) is 8.45. The number of hydrogen-bond acceptors (Lipinski definition) is 6. The lowest BCUT2D eigenvalue weighted by molar-refractivity contribution is -0.119. The first-order valence-electron chi connectivity index (χ1n) is 11.9. The Hall–Kier alpha value is -2.56. The number of alkyl carbamates (subject to hydrolysis) is 1. The first-order valence-corrected chi connectivity index (χ1v) is 15.0. The second kappa shape index (κ2) is 11.0. The zero-order valence-electron chi connectivity index (χ0n) is 20.9. The van der Waals surface area contributed by atoms with Crippen LogP contribution >= 0.6 is 23.4 Å². The number of amidine groups is 1. The minimum absolute atomic E-state index is 0.00800. The number of aliphatic imine (C=N–C) groups is 1. The summed E-state index contributed by atoms with van der Waals surface area (Å²) in [5, 5.41) is 3.42. The van der Waals surface area contributed by atoms with Crippen molar-refractivity contribution in [3.63, 3.8) is 0 Å². The summed E-state index contributed by atoms with van der Waals surface area (Å²) in [5.41, 5.74) is 0.932. The zero-order valence-corrected chi connectivity index (χ0v) is 23.3. The molecule has 2 heterocycles. The lowest BCUT2D eigenvalue weighted by Gasteiger charge is -2.25. The summed E-state index contributed by atoms with van der Waals surface area (Å²) in [5.74, 6) is -0.520. The normalized spacial score (nSPS) is 22.5. The number of thioether (sulfide) groups is 1. The molecule has 0 radical (unpaired) electrons. The van der Waals surface area contributed by atoms with Gasteiger partial charge in [0.25, 0.3) is 5.91 Å². The van der Waals surface area contributed by atoms with Gasteiger partial charge < -0.3 is 15.0 Å². The van der Waals surface area contributed by atoms with Crippen molar-refractivity contribution in [1.82, 2.24) is 10.2 Å². The number of rotatable bonds is 6. The highest BCUT2D eigenvalue weighted by molar-refractivity contribution is 8.15. The molecule has 37 heavy (non-hydrogen) atoms. The van der Waals surface area contributed by atoms with Gasteiger partial charge in [0.1, 0.15) is 11.6 Å². The predicted octanol–water partition coefficient (Wildman–Crippen LogP) is 4.07. The molecule has 2 aromatic rings. The average molecular weight is 564 g/mol. The van der Waals surface area contributed by atoms with Crippen LogP contribution in [0, 0.1) is 0 Å². The summed E-state index contributed by atoms with van der Waals surface area (Å²) in [6.07, 6.45) is -0.483. The fourth-order valence-electron chi connectivity index (χ4n) is 4.30. The van der Waals surface area contributed by atoms with E-state index in [1.165, 1.54) is 11.8 Å². The van der Waals surface area contributed by atoms with E-state index < -0.39 is 33.5 Å². The van der Waals surface area contributed by atoms with Gasteiger partial charge in [0.15, 0.2) is 15.0 Å². The monoisotopic (exact) mass is 563 g/mol. The van der Waals surface area contributed by atoms with Crippen LogP contribution in [0.5, 0.6) is 0 Å². The van der Waals surface area contributed by atoms with Gasteiger partial charge in [0, 0.05) is 23.2 Å². The molecule has 4 rings (SSSR count). The quantitative estimate of drug-likeness (QED) is 0.564. The van der Waals surface area contributed by atoms with Crippen LogP contribution in [-0.4, -0.2) is 64.9 Å². The van der Waals surface area contributed by atoms with E-state index in [0.717, 1.165) is 11.1 Å². The van der Waals surface area contributed by atoms with Crippen LogP contribution < -0.4 is 5.32 Å². The van der Waals surface area contributed by atoms with E-state index in [0.29, 0.717) is 16.7 Å². The highest BCUT2D eigenvalue weighted by Crippen LogP contribution is 2.39. The molecule has 0 bridgehead atoms. The van der Waals surface area contributed by atoms with Crippen LogP contribution in [0.3, 0.4) is 0 Å². The molecule has 0 spiro atoms. The van der Waals surface area contributed by atoms with Gasteiger partial charge in [-0.3, -0.25) is 4.79 Å². The first-order chi connectivity index (χ1) is 17.4. The molecule has 8 nitrogen and oxygen atoms in total. The van der Waals surface area contributed by atoms with Crippen molar-refractivity contribution in [3.8, 4) is 0 Å². The Bertz CT molecular complexity index is 1290. The number of hydrogen-bond donors (Lipinski definition) is 1. The molecule has 1 N–H and O–H groups in total. The van der Waals surface area contributed by atoms with Crippen LogP contribution in [0.25, 0.3) is 0 Å². The second-order valence-corrected chi connectivity index (χ2v) is 13.9. The number of ether oxygens (including phenoxy) is 1. The van der Waals surface area contributed by atoms with Crippen molar-refractivity contribution in [2.75, 3.05) is 11.5 Å². The predicted molar refractivity (Wildman–Crippen MR) is 147 cm³/mol. The Morgan fingerprint density at radius 2 is 1.81 bits per heavy atom. The molecular weight excluding hydrogens is 534 g/mol. The molecule has 2 amide bonds. The van der Waals surface area contributed by atoms with Crippen molar-refractivity contribution in [1.29, 1.82) is 0 Å². The first kappa shape index (κ1) is 27.5. The number of halogens is 1. The van der Waals surface area contributed by atoms with E-state index in [-0.39, 0.29) is 29.2 Å². The molecule has 11 heteroatoms. The third kappa shape index (κ3) is 7.27. The van der Waals surface area contributed by atoms with Crippen molar-refractivity contribution >= 4 is 50.4 Å². The molecular formula is C26H30ClN3O5S2. The molecule has 198 valence electrons. The summed E-state index contributed by atoms with van der Waals surface area (Å²) in [4.78, 5) is 32.3. The standard InChI is InChI=1S/C26H30ClN3O5S2/c1-26(2,3)35-25(32)28-20(13-17-9-5-4-6-10-17)23(31)29-24-30(14-18-11-7-8-12-19(18)27)21-15-37(33,34)16-22(21)36-24/h4-12,20-22H,13-16H2,1-3H3,(H,28,32). The average Bonchev–Trinajstić information content (AvgIpc) is 3.25. The van der Waals surface area contributed by atoms with Gasteiger partial charge >= 0.3 is 6.09 Å². The molecule has 2 aliphatic rings. The van der Waals surface area contributed by atoms with Crippen LogP contribution in [0.1, 0.15) is 31.9 Å². The number of nitrogens with zero attached hydrogens (tertiary/aromatic N) is 2. The molecule has 2 fully saturated rings. The highest BCUT2D eigenvalue weighted by atomic mass is 35.5. The van der Waals surface area contributed by atoms with Gasteiger partial charge in [-0.25, -0.2) is 13.2 Å².